The van der Waals surface area contributed by atoms with E-state index in [0.717, 1.165) is 0 Å². The average Bonchev–Trinajstić information content (AvgIpc) is 2.89. The molecule has 0 amide bonds. The summed E-state index contributed by atoms with van der Waals surface area (Å²) in [6.07, 6.45) is 1.47. The molecule has 0 saturated carbocycles. The Balaban J connectivity index is 1.93. The zero-order valence-electron chi connectivity index (χ0n) is 11.6. The van der Waals surface area contributed by atoms with Crippen LogP contribution in [0.5, 0.6) is 0 Å². The number of rotatable bonds is 3. The zero-order valence-corrected chi connectivity index (χ0v) is 12.4. The van der Waals surface area contributed by atoms with Crippen molar-refractivity contribution in [2.45, 2.75) is 0 Å². The summed E-state index contributed by atoms with van der Waals surface area (Å²) in [4.78, 5) is 26.2. The molecule has 7 heteroatoms. The molecule has 1 aliphatic heterocycles. The minimum absolute atomic E-state index is 0.0111. The molecule has 0 bridgehead atoms. The Bertz CT molecular complexity index is 860. The Morgan fingerprint density at radius 2 is 1.91 bits per heavy atom. The van der Waals surface area contributed by atoms with Crippen LogP contribution in [0.1, 0.15) is 11.1 Å². The summed E-state index contributed by atoms with van der Waals surface area (Å²) in [6.45, 7) is 0. The van der Waals surface area contributed by atoms with Crippen LogP contribution in [0, 0.1) is 10.1 Å². The van der Waals surface area contributed by atoms with Crippen molar-refractivity contribution in [2.24, 2.45) is 4.99 Å². The second-order valence-electron chi connectivity index (χ2n) is 4.67. The molecule has 23 heavy (non-hydrogen) atoms. The second-order valence-corrected chi connectivity index (χ2v) is 5.08. The van der Waals surface area contributed by atoms with Gasteiger partial charge in [-0.25, -0.2) is 9.79 Å². The summed E-state index contributed by atoms with van der Waals surface area (Å²) < 4.78 is 5.13. The summed E-state index contributed by atoms with van der Waals surface area (Å²) in [6, 6.07) is 13.2. The molecule has 2 aromatic rings. The van der Waals surface area contributed by atoms with Gasteiger partial charge >= 0.3 is 5.97 Å². The van der Waals surface area contributed by atoms with Crippen molar-refractivity contribution < 1.29 is 14.5 Å². The van der Waals surface area contributed by atoms with E-state index in [-0.39, 0.29) is 22.3 Å². The van der Waals surface area contributed by atoms with Gasteiger partial charge in [0.2, 0.25) is 5.90 Å². The molecule has 1 heterocycles. The molecule has 1 aliphatic rings. The van der Waals surface area contributed by atoms with Crippen molar-refractivity contribution in [1.29, 1.82) is 0 Å². The monoisotopic (exact) mass is 328 g/mol. The van der Waals surface area contributed by atoms with Gasteiger partial charge < -0.3 is 4.74 Å². The number of aliphatic imine (C=N–C) groups is 1. The highest BCUT2D eigenvalue weighted by atomic mass is 35.5. The minimum Gasteiger partial charge on any atom is -0.402 e. The van der Waals surface area contributed by atoms with Gasteiger partial charge in [-0.3, -0.25) is 10.1 Å². The third kappa shape index (κ3) is 3.12. The summed E-state index contributed by atoms with van der Waals surface area (Å²) >= 11 is 5.85. The molecular weight excluding hydrogens is 320 g/mol. The smallest absolute Gasteiger partial charge is 0.363 e. The van der Waals surface area contributed by atoms with Gasteiger partial charge in [0, 0.05) is 11.6 Å². The Hall–Kier alpha value is -2.99. The van der Waals surface area contributed by atoms with Crippen LogP contribution in [0.4, 0.5) is 5.69 Å². The van der Waals surface area contributed by atoms with Gasteiger partial charge in [0.1, 0.15) is 5.02 Å². The molecule has 3 rings (SSSR count). The molecule has 0 aliphatic carbocycles. The number of halogens is 1. The number of esters is 1. The van der Waals surface area contributed by atoms with Gasteiger partial charge in [-0.2, -0.15) is 0 Å². The van der Waals surface area contributed by atoms with Gasteiger partial charge in [0.05, 0.1) is 4.92 Å². The first-order chi connectivity index (χ1) is 11.0. The molecule has 0 saturated heterocycles. The number of cyclic esters (lactones) is 1. The Labute approximate surface area is 135 Å². The zero-order chi connectivity index (χ0) is 16.4. The number of carbonyl (C=O) groups is 1. The third-order valence-electron chi connectivity index (χ3n) is 3.11. The quantitative estimate of drug-likeness (QED) is 0.373. The van der Waals surface area contributed by atoms with Crippen LogP contribution >= 0.6 is 11.6 Å². The molecule has 2 aromatic carbocycles. The van der Waals surface area contributed by atoms with Crippen molar-refractivity contribution in [3.63, 3.8) is 0 Å². The normalized spacial score (nSPS) is 15.4. The summed E-state index contributed by atoms with van der Waals surface area (Å²) in [7, 11) is 0. The highest BCUT2D eigenvalue weighted by Crippen LogP contribution is 2.27. The molecule has 0 unspecified atom stereocenters. The van der Waals surface area contributed by atoms with Crippen molar-refractivity contribution in [2.75, 3.05) is 0 Å². The lowest BCUT2D eigenvalue weighted by Crippen LogP contribution is -2.04. The van der Waals surface area contributed by atoms with Crippen molar-refractivity contribution in [3.8, 4) is 0 Å². The molecule has 0 aromatic heterocycles. The van der Waals surface area contributed by atoms with Crippen LogP contribution < -0.4 is 0 Å². The van der Waals surface area contributed by atoms with Gasteiger partial charge in [-0.05, 0) is 35.9 Å². The van der Waals surface area contributed by atoms with Gasteiger partial charge in [0.25, 0.3) is 5.69 Å². The third-order valence-corrected chi connectivity index (χ3v) is 3.42. The van der Waals surface area contributed by atoms with Gasteiger partial charge in [-0.15, -0.1) is 0 Å². The predicted molar refractivity (Wildman–Crippen MR) is 85.2 cm³/mol. The second kappa shape index (κ2) is 6.02. The molecule has 0 atom stereocenters. The molecule has 114 valence electrons. The van der Waals surface area contributed by atoms with Crippen LogP contribution in [0.3, 0.4) is 0 Å². The van der Waals surface area contributed by atoms with Crippen molar-refractivity contribution in [1.82, 2.24) is 0 Å². The average molecular weight is 329 g/mol. The van der Waals surface area contributed by atoms with E-state index >= 15 is 0 Å². The van der Waals surface area contributed by atoms with E-state index in [1.54, 1.807) is 12.1 Å². The standard InChI is InChI=1S/C16H9ClN2O4/c17-12-8-10(6-7-14(12)19(21)22)9-13-16(20)23-15(18-13)11-4-2-1-3-5-11/h1-9H/b13-9-. The molecule has 0 radical (unpaired) electrons. The van der Waals surface area contributed by atoms with E-state index in [0.29, 0.717) is 11.1 Å². The highest BCUT2D eigenvalue weighted by Gasteiger charge is 2.24. The molecule has 0 N–H and O–H groups in total. The summed E-state index contributed by atoms with van der Waals surface area (Å²) in [5.74, 6) is -0.367. The van der Waals surface area contributed by atoms with Crippen LogP contribution in [-0.4, -0.2) is 16.8 Å². The first-order valence-electron chi connectivity index (χ1n) is 6.56. The van der Waals surface area contributed by atoms with E-state index < -0.39 is 10.9 Å². The lowest BCUT2D eigenvalue weighted by molar-refractivity contribution is -0.384. The largest absolute Gasteiger partial charge is 0.402 e. The number of nitro benzene ring substituents is 1. The maximum Gasteiger partial charge on any atom is 0.363 e. The number of nitrogens with zero attached hydrogens (tertiary/aromatic N) is 2. The van der Waals surface area contributed by atoms with E-state index in [4.69, 9.17) is 16.3 Å². The maximum atomic E-state index is 11.9. The van der Waals surface area contributed by atoms with Gasteiger partial charge in [0.15, 0.2) is 5.70 Å². The lowest BCUT2D eigenvalue weighted by Gasteiger charge is -1.97. The summed E-state index contributed by atoms with van der Waals surface area (Å²) in [5.41, 5.74) is 1.11. The fourth-order valence-electron chi connectivity index (χ4n) is 2.03. The minimum atomic E-state index is -0.585. The number of nitro groups is 1. The maximum absolute atomic E-state index is 11.9. The Morgan fingerprint density at radius 1 is 1.17 bits per heavy atom. The van der Waals surface area contributed by atoms with Crippen LogP contribution in [0.15, 0.2) is 59.2 Å². The van der Waals surface area contributed by atoms with Crippen LogP contribution in [-0.2, 0) is 9.53 Å². The van der Waals surface area contributed by atoms with E-state index in [2.05, 4.69) is 4.99 Å². The predicted octanol–water partition coefficient (Wildman–Crippen LogP) is 3.59. The van der Waals surface area contributed by atoms with E-state index in [9.17, 15) is 14.9 Å². The van der Waals surface area contributed by atoms with Crippen LogP contribution in [0.2, 0.25) is 5.02 Å². The Kier molecular flexibility index (Phi) is 3.91. The number of hydrogen-bond donors (Lipinski definition) is 0. The van der Waals surface area contributed by atoms with E-state index in [1.165, 1.54) is 24.3 Å². The van der Waals surface area contributed by atoms with Crippen molar-refractivity contribution in [3.05, 3.63) is 80.5 Å². The van der Waals surface area contributed by atoms with Crippen molar-refractivity contribution >= 4 is 35.2 Å². The fourth-order valence-corrected chi connectivity index (χ4v) is 2.29. The number of carbonyl (C=O) groups excluding carboxylic acids is 1. The first kappa shape index (κ1) is 14.9. The Morgan fingerprint density at radius 3 is 2.57 bits per heavy atom. The van der Waals surface area contributed by atoms with Crippen LogP contribution in [0.25, 0.3) is 6.08 Å². The molecule has 0 spiro atoms. The summed E-state index contributed by atoms with van der Waals surface area (Å²) in [5, 5.41) is 10.7. The SMILES string of the molecule is O=C1OC(c2ccccc2)=N/C1=C\c1ccc([N+](=O)[O-])c(Cl)c1. The highest BCUT2D eigenvalue weighted by molar-refractivity contribution is 6.32. The number of hydrogen-bond acceptors (Lipinski definition) is 5. The molecular formula is C16H9ClN2O4. The number of ether oxygens (including phenoxy) is 1. The molecule has 6 nitrogen and oxygen atoms in total. The lowest BCUT2D eigenvalue weighted by atomic mass is 10.2. The van der Waals surface area contributed by atoms with Gasteiger partial charge in [-0.1, -0.05) is 29.8 Å². The fraction of sp³-hybridized carbons (Fsp3) is 0. The first-order valence-corrected chi connectivity index (χ1v) is 6.94. The molecule has 0 fully saturated rings. The van der Waals surface area contributed by atoms with E-state index in [1.807, 2.05) is 18.2 Å². The number of benzene rings is 2. The topological polar surface area (TPSA) is 81.8 Å².